The number of para-hydroxylation sites is 1. The lowest BCUT2D eigenvalue weighted by Crippen LogP contribution is -2.44. The largest absolute Gasteiger partial charge is 0.444 e. The second-order valence-corrected chi connectivity index (χ2v) is 10.4. The van der Waals surface area contributed by atoms with Crippen molar-refractivity contribution in [1.82, 2.24) is 5.32 Å². The molecule has 0 aliphatic carbocycles. The molecular formula is C26H35N3O3S. The molecule has 0 bridgehead atoms. The van der Waals surface area contributed by atoms with Crippen LogP contribution in [0.25, 0.3) is 0 Å². The number of amides is 2. The van der Waals surface area contributed by atoms with Gasteiger partial charge < -0.3 is 20.3 Å². The summed E-state index contributed by atoms with van der Waals surface area (Å²) in [5.74, 6) is 0.928. The molecule has 1 heterocycles. The summed E-state index contributed by atoms with van der Waals surface area (Å²) >= 11 is 1.69. The van der Waals surface area contributed by atoms with E-state index >= 15 is 0 Å². The first-order valence-electron chi connectivity index (χ1n) is 11.5. The molecule has 178 valence electrons. The fraction of sp³-hybridized carbons (Fsp3) is 0.462. The molecule has 2 amide bonds. The molecule has 0 fully saturated rings. The Kier molecular flexibility index (Phi) is 8.30. The fourth-order valence-corrected chi connectivity index (χ4v) is 4.75. The van der Waals surface area contributed by atoms with E-state index < -0.39 is 5.60 Å². The molecule has 7 heteroatoms. The summed E-state index contributed by atoms with van der Waals surface area (Å²) in [6.07, 6.45) is 0.975. The smallest absolute Gasteiger partial charge is 0.407 e. The minimum Gasteiger partial charge on any atom is -0.444 e. The highest BCUT2D eigenvalue weighted by Crippen LogP contribution is 2.39. The number of nitrogens with one attached hydrogen (secondary N) is 2. The molecule has 1 aliphatic rings. The molecule has 0 unspecified atom stereocenters. The van der Waals surface area contributed by atoms with Gasteiger partial charge in [-0.1, -0.05) is 25.1 Å². The first-order valence-corrected chi connectivity index (χ1v) is 12.5. The second-order valence-electron chi connectivity index (χ2n) is 9.26. The van der Waals surface area contributed by atoms with Crippen LogP contribution in [0.5, 0.6) is 0 Å². The number of carbonyl (C=O) groups excluding carboxylic acids is 2. The predicted octanol–water partition coefficient (Wildman–Crippen LogP) is 5.99. The average molecular weight is 470 g/mol. The number of thioether (sulfide) groups is 1. The Morgan fingerprint density at radius 3 is 2.48 bits per heavy atom. The molecular weight excluding hydrogens is 434 g/mol. The van der Waals surface area contributed by atoms with E-state index in [1.807, 2.05) is 50.8 Å². The number of carbonyl (C=O) groups is 2. The van der Waals surface area contributed by atoms with E-state index in [2.05, 4.69) is 47.9 Å². The first-order chi connectivity index (χ1) is 15.7. The Morgan fingerprint density at radius 1 is 1.12 bits per heavy atom. The van der Waals surface area contributed by atoms with Crippen molar-refractivity contribution in [2.75, 3.05) is 22.5 Å². The molecule has 2 aromatic rings. The molecule has 0 saturated heterocycles. The predicted molar refractivity (Wildman–Crippen MR) is 136 cm³/mol. The number of benzene rings is 2. The quantitative estimate of drug-likeness (QED) is 0.385. The molecule has 0 spiro atoms. The van der Waals surface area contributed by atoms with E-state index in [1.165, 1.54) is 0 Å². The zero-order valence-electron chi connectivity index (χ0n) is 20.2. The number of fused-ring (bicyclic) bond motifs is 1. The summed E-state index contributed by atoms with van der Waals surface area (Å²) in [5.41, 5.74) is 2.73. The number of anilines is 2. The van der Waals surface area contributed by atoms with Crippen LogP contribution in [0.1, 0.15) is 59.1 Å². The molecule has 2 atom stereocenters. The average Bonchev–Trinajstić information content (AvgIpc) is 2.76. The van der Waals surface area contributed by atoms with Gasteiger partial charge in [-0.15, -0.1) is 11.8 Å². The van der Waals surface area contributed by atoms with Crippen LogP contribution >= 0.6 is 11.8 Å². The fourth-order valence-electron chi connectivity index (χ4n) is 3.98. The van der Waals surface area contributed by atoms with Crippen molar-refractivity contribution in [2.24, 2.45) is 0 Å². The van der Waals surface area contributed by atoms with Gasteiger partial charge in [-0.25, -0.2) is 4.79 Å². The van der Waals surface area contributed by atoms with Crippen LogP contribution < -0.4 is 15.5 Å². The van der Waals surface area contributed by atoms with Crippen molar-refractivity contribution in [3.05, 3.63) is 54.1 Å². The highest BCUT2D eigenvalue weighted by molar-refractivity contribution is 7.99. The SMILES string of the molecule is CCC(=O)N1c2ccccc2[C@H](Nc2ccc(SCCNC(=O)OC(C)(C)C)cc2)C[C@@H]1C. The molecule has 0 radical (unpaired) electrons. The van der Waals surface area contributed by atoms with E-state index in [0.29, 0.717) is 13.0 Å². The second kappa shape index (κ2) is 11.0. The van der Waals surface area contributed by atoms with Gasteiger partial charge in [0.25, 0.3) is 0 Å². The normalized spacial score (nSPS) is 17.8. The first kappa shape index (κ1) is 25.0. The van der Waals surface area contributed by atoms with Crippen LogP contribution in [0, 0.1) is 0 Å². The number of hydrogen-bond acceptors (Lipinski definition) is 5. The maximum absolute atomic E-state index is 12.5. The minimum absolute atomic E-state index is 0.136. The van der Waals surface area contributed by atoms with Crippen molar-refractivity contribution in [3.63, 3.8) is 0 Å². The van der Waals surface area contributed by atoms with Crippen molar-refractivity contribution < 1.29 is 14.3 Å². The van der Waals surface area contributed by atoms with Crippen LogP contribution in [0.2, 0.25) is 0 Å². The third kappa shape index (κ3) is 6.90. The molecule has 3 rings (SSSR count). The Hall–Kier alpha value is -2.67. The molecule has 0 saturated carbocycles. The Balaban J connectivity index is 1.56. The molecule has 0 aromatic heterocycles. The lowest BCUT2D eigenvalue weighted by Gasteiger charge is -2.40. The van der Waals surface area contributed by atoms with Gasteiger partial charge in [0.05, 0.1) is 6.04 Å². The van der Waals surface area contributed by atoms with Gasteiger partial charge in [-0.3, -0.25) is 4.79 Å². The zero-order chi connectivity index (χ0) is 24.0. The summed E-state index contributed by atoms with van der Waals surface area (Å²) < 4.78 is 5.25. The van der Waals surface area contributed by atoms with Crippen molar-refractivity contribution >= 4 is 35.1 Å². The van der Waals surface area contributed by atoms with E-state index in [1.54, 1.807) is 11.8 Å². The van der Waals surface area contributed by atoms with Gasteiger partial charge in [0.1, 0.15) is 5.60 Å². The number of ether oxygens (including phenoxy) is 1. The Morgan fingerprint density at radius 2 is 1.82 bits per heavy atom. The maximum Gasteiger partial charge on any atom is 0.407 e. The van der Waals surface area contributed by atoms with Crippen molar-refractivity contribution in [3.8, 4) is 0 Å². The molecule has 1 aliphatic heterocycles. The standard InChI is InChI=1S/C26H35N3O3S/c1-6-24(30)29-18(2)17-22(21-9-7-8-10-23(21)29)28-19-11-13-20(14-12-19)33-16-15-27-25(31)32-26(3,4)5/h7-14,18,22,28H,6,15-17H2,1-5H3,(H,27,31)/t18-,22+/m0/s1. The lowest BCUT2D eigenvalue weighted by atomic mass is 9.91. The molecule has 2 N–H and O–H groups in total. The van der Waals surface area contributed by atoms with Crippen LogP contribution in [0.3, 0.4) is 0 Å². The van der Waals surface area contributed by atoms with Gasteiger partial charge in [0, 0.05) is 41.0 Å². The summed E-state index contributed by atoms with van der Waals surface area (Å²) in [5, 5.41) is 6.44. The number of nitrogens with zero attached hydrogens (tertiary/aromatic N) is 1. The molecule has 6 nitrogen and oxygen atoms in total. The van der Waals surface area contributed by atoms with E-state index in [4.69, 9.17) is 4.74 Å². The Bertz CT molecular complexity index is 956. The van der Waals surface area contributed by atoms with Gasteiger partial charge >= 0.3 is 6.09 Å². The minimum atomic E-state index is -0.486. The number of alkyl carbamates (subject to hydrolysis) is 1. The van der Waals surface area contributed by atoms with Gasteiger partial charge in [0.15, 0.2) is 0 Å². The Labute approximate surface area is 201 Å². The highest BCUT2D eigenvalue weighted by atomic mass is 32.2. The van der Waals surface area contributed by atoms with Crippen molar-refractivity contribution in [1.29, 1.82) is 0 Å². The lowest BCUT2D eigenvalue weighted by molar-refractivity contribution is -0.118. The summed E-state index contributed by atoms with van der Waals surface area (Å²) in [4.78, 5) is 27.3. The van der Waals surface area contributed by atoms with Crippen LogP contribution in [-0.4, -0.2) is 35.9 Å². The van der Waals surface area contributed by atoms with Gasteiger partial charge in [-0.2, -0.15) is 0 Å². The van der Waals surface area contributed by atoms with Gasteiger partial charge in [0.2, 0.25) is 5.91 Å². The maximum atomic E-state index is 12.5. The monoisotopic (exact) mass is 469 g/mol. The van der Waals surface area contributed by atoms with Crippen LogP contribution in [0.4, 0.5) is 16.2 Å². The number of rotatable bonds is 7. The highest BCUT2D eigenvalue weighted by Gasteiger charge is 2.32. The summed E-state index contributed by atoms with van der Waals surface area (Å²) in [6, 6.07) is 16.8. The zero-order valence-corrected chi connectivity index (χ0v) is 21.0. The third-order valence-electron chi connectivity index (χ3n) is 5.39. The molecule has 2 aromatic carbocycles. The summed E-state index contributed by atoms with van der Waals surface area (Å²) in [6.45, 7) is 10.1. The van der Waals surface area contributed by atoms with Gasteiger partial charge in [-0.05, 0) is 70.0 Å². The van der Waals surface area contributed by atoms with Crippen LogP contribution in [-0.2, 0) is 9.53 Å². The van der Waals surface area contributed by atoms with Crippen molar-refractivity contribution in [2.45, 2.75) is 70.0 Å². The van der Waals surface area contributed by atoms with E-state index in [0.717, 1.165) is 34.0 Å². The van der Waals surface area contributed by atoms with Crippen LogP contribution in [0.15, 0.2) is 53.4 Å². The summed E-state index contributed by atoms with van der Waals surface area (Å²) in [7, 11) is 0. The van der Waals surface area contributed by atoms with E-state index in [-0.39, 0.29) is 24.1 Å². The van der Waals surface area contributed by atoms with E-state index in [9.17, 15) is 9.59 Å². The topological polar surface area (TPSA) is 70.7 Å². The molecule has 33 heavy (non-hydrogen) atoms. The number of hydrogen-bond donors (Lipinski definition) is 2. The third-order valence-corrected chi connectivity index (χ3v) is 6.41.